The maximum Gasteiger partial charge on any atom is 0.335 e. The number of rotatable bonds is 10. The van der Waals surface area contributed by atoms with Crippen molar-refractivity contribution in [2.45, 2.75) is 31.8 Å². The molecular formula is C27H30N4O4S. The van der Waals surface area contributed by atoms with Crippen molar-refractivity contribution in [3.63, 3.8) is 0 Å². The molecule has 2 aromatic carbocycles. The van der Waals surface area contributed by atoms with Gasteiger partial charge in [-0.15, -0.1) is 0 Å². The minimum atomic E-state index is -0.939. The first kappa shape index (κ1) is 24.4. The van der Waals surface area contributed by atoms with Crippen LogP contribution in [-0.2, 0) is 9.47 Å². The molecule has 9 heteroatoms. The summed E-state index contributed by atoms with van der Waals surface area (Å²) in [5.74, 6) is -0.939. The zero-order chi connectivity index (χ0) is 24.9. The highest BCUT2D eigenvalue weighted by atomic mass is 32.1. The van der Waals surface area contributed by atoms with Crippen molar-refractivity contribution in [1.82, 2.24) is 14.6 Å². The molecule has 5 rings (SSSR count). The van der Waals surface area contributed by atoms with Crippen LogP contribution < -0.4 is 4.90 Å². The van der Waals surface area contributed by atoms with Crippen molar-refractivity contribution in [2.24, 2.45) is 0 Å². The normalized spacial score (nSPS) is 14.5. The van der Waals surface area contributed by atoms with Crippen LogP contribution in [0, 0.1) is 0 Å². The number of anilines is 1. The number of hydrogen-bond donors (Lipinski definition) is 1. The standard InChI is InChI=1S/C27H30N4O4S/c1-34-16-2-3-17-35-23-12-14-30(15-13-23)22-10-8-20(9-11-22)25-29-31-24(18-28-27(31)36-25)19-4-6-21(7-5-19)26(32)33/h4-11,18,23H,2-3,12-17H2,1H3,(H,32,33). The van der Waals surface area contributed by atoms with Gasteiger partial charge in [0, 0.05) is 50.2 Å². The van der Waals surface area contributed by atoms with E-state index in [0.717, 1.165) is 78.8 Å². The first-order valence-corrected chi connectivity index (χ1v) is 13.1. The summed E-state index contributed by atoms with van der Waals surface area (Å²) in [6.45, 7) is 3.61. The maximum absolute atomic E-state index is 11.1. The molecule has 0 aliphatic carbocycles. The fourth-order valence-corrected chi connectivity index (χ4v) is 5.36. The lowest BCUT2D eigenvalue weighted by Gasteiger charge is -2.33. The van der Waals surface area contributed by atoms with Crippen molar-refractivity contribution in [2.75, 3.05) is 38.3 Å². The van der Waals surface area contributed by atoms with Gasteiger partial charge in [0.1, 0.15) is 5.01 Å². The fraction of sp³-hybridized carbons (Fsp3) is 0.370. The van der Waals surface area contributed by atoms with Gasteiger partial charge in [0.25, 0.3) is 0 Å². The number of unbranched alkanes of at least 4 members (excludes halogenated alkanes) is 1. The maximum atomic E-state index is 11.1. The van der Waals surface area contributed by atoms with Crippen molar-refractivity contribution >= 4 is 28.0 Å². The average molecular weight is 507 g/mol. The van der Waals surface area contributed by atoms with Crippen LogP contribution in [0.5, 0.6) is 0 Å². The number of imidazole rings is 1. The summed E-state index contributed by atoms with van der Waals surface area (Å²) in [5.41, 5.74) is 4.24. The number of aromatic nitrogens is 3. The number of aromatic carboxylic acids is 1. The van der Waals surface area contributed by atoms with Gasteiger partial charge < -0.3 is 19.5 Å². The third kappa shape index (κ3) is 5.43. The molecule has 1 fully saturated rings. The summed E-state index contributed by atoms with van der Waals surface area (Å²) in [7, 11) is 1.74. The van der Waals surface area contributed by atoms with Crippen LogP contribution in [0.3, 0.4) is 0 Å². The quantitative estimate of drug-likeness (QED) is 0.294. The lowest BCUT2D eigenvalue weighted by Crippen LogP contribution is -2.37. The van der Waals surface area contributed by atoms with E-state index >= 15 is 0 Å². The SMILES string of the molecule is COCCCCOC1CCN(c2ccc(-c3nn4c(-c5ccc(C(=O)O)cc5)cnc4s3)cc2)CC1. The lowest BCUT2D eigenvalue weighted by molar-refractivity contribution is 0.0322. The van der Waals surface area contributed by atoms with Crippen LogP contribution >= 0.6 is 11.3 Å². The molecule has 0 bridgehead atoms. The second kappa shape index (κ2) is 11.2. The molecular weight excluding hydrogens is 476 g/mol. The Labute approximate surface area is 214 Å². The molecule has 1 aliphatic rings. The average Bonchev–Trinajstić information content (AvgIpc) is 3.50. The van der Waals surface area contributed by atoms with E-state index in [0.29, 0.717) is 6.10 Å². The number of ether oxygens (including phenoxy) is 2. The molecule has 0 unspecified atom stereocenters. The Morgan fingerprint density at radius 2 is 1.72 bits per heavy atom. The highest BCUT2D eigenvalue weighted by Gasteiger charge is 2.20. The van der Waals surface area contributed by atoms with Crippen molar-refractivity contribution in [1.29, 1.82) is 0 Å². The highest BCUT2D eigenvalue weighted by Crippen LogP contribution is 2.31. The zero-order valence-corrected chi connectivity index (χ0v) is 21.1. The summed E-state index contributed by atoms with van der Waals surface area (Å²) in [6, 6.07) is 15.3. The number of carbonyl (C=O) groups is 1. The van der Waals surface area contributed by atoms with E-state index in [1.165, 1.54) is 17.0 Å². The number of hydrogen-bond acceptors (Lipinski definition) is 7. The minimum absolute atomic E-state index is 0.258. The first-order chi connectivity index (χ1) is 17.6. The lowest BCUT2D eigenvalue weighted by atomic mass is 10.1. The Morgan fingerprint density at radius 1 is 1.03 bits per heavy atom. The Morgan fingerprint density at radius 3 is 2.42 bits per heavy atom. The van der Waals surface area contributed by atoms with E-state index in [2.05, 4.69) is 34.1 Å². The van der Waals surface area contributed by atoms with Crippen LogP contribution in [0.15, 0.2) is 54.7 Å². The number of methoxy groups -OCH3 is 1. The second-order valence-corrected chi connectivity index (χ2v) is 9.89. The molecule has 188 valence electrons. The van der Waals surface area contributed by atoms with Gasteiger partial charge in [-0.1, -0.05) is 23.5 Å². The van der Waals surface area contributed by atoms with Crippen LogP contribution in [0.2, 0.25) is 0 Å². The first-order valence-electron chi connectivity index (χ1n) is 12.3. The molecule has 0 amide bonds. The predicted octanol–water partition coefficient (Wildman–Crippen LogP) is 5.24. The highest BCUT2D eigenvalue weighted by molar-refractivity contribution is 7.19. The van der Waals surface area contributed by atoms with Crippen LogP contribution in [0.25, 0.3) is 26.8 Å². The molecule has 3 heterocycles. The molecule has 1 saturated heterocycles. The number of benzene rings is 2. The molecule has 1 N–H and O–H groups in total. The van der Waals surface area contributed by atoms with Gasteiger partial charge in [-0.05, 0) is 62.1 Å². The molecule has 0 atom stereocenters. The number of nitrogens with zero attached hydrogens (tertiary/aromatic N) is 4. The fourth-order valence-electron chi connectivity index (χ4n) is 4.48. The molecule has 0 spiro atoms. The van der Waals surface area contributed by atoms with Crippen molar-refractivity contribution < 1.29 is 19.4 Å². The number of carboxylic acid groups (broad SMARTS) is 1. The monoisotopic (exact) mass is 506 g/mol. The summed E-state index contributed by atoms with van der Waals surface area (Å²) in [6.07, 6.45) is 6.32. The van der Waals surface area contributed by atoms with Gasteiger partial charge in [0.15, 0.2) is 0 Å². The van der Waals surface area contributed by atoms with E-state index in [9.17, 15) is 4.79 Å². The van der Waals surface area contributed by atoms with Crippen molar-refractivity contribution in [3.05, 3.63) is 60.3 Å². The molecule has 0 radical (unpaired) electrons. The second-order valence-electron chi connectivity index (χ2n) is 8.93. The molecule has 8 nitrogen and oxygen atoms in total. The summed E-state index contributed by atoms with van der Waals surface area (Å²) in [5, 5.41) is 14.8. The molecule has 0 saturated carbocycles. The zero-order valence-electron chi connectivity index (χ0n) is 20.3. The van der Waals surface area contributed by atoms with Crippen LogP contribution in [0.1, 0.15) is 36.0 Å². The van der Waals surface area contributed by atoms with Gasteiger partial charge in [-0.25, -0.2) is 14.3 Å². The third-order valence-corrected chi connectivity index (χ3v) is 7.50. The van der Waals surface area contributed by atoms with Gasteiger partial charge in [-0.2, -0.15) is 5.10 Å². The van der Waals surface area contributed by atoms with E-state index in [-0.39, 0.29) is 5.56 Å². The van der Waals surface area contributed by atoms with E-state index < -0.39 is 5.97 Å². The van der Waals surface area contributed by atoms with Crippen LogP contribution in [0.4, 0.5) is 5.69 Å². The van der Waals surface area contributed by atoms with E-state index in [1.807, 2.05) is 4.52 Å². The van der Waals surface area contributed by atoms with Gasteiger partial charge in [0.2, 0.25) is 4.96 Å². The Balaban J connectivity index is 1.21. The Kier molecular flexibility index (Phi) is 7.60. The number of carboxylic acids is 1. The topological polar surface area (TPSA) is 89.2 Å². The smallest absolute Gasteiger partial charge is 0.335 e. The predicted molar refractivity (Wildman–Crippen MR) is 141 cm³/mol. The minimum Gasteiger partial charge on any atom is -0.478 e. The van der Waals surface area contributed by atoms with Crippen molar-refractivity contribution in [3.8, 4) is 21.8 Å². The molecule has 4 aromatic rings. The van der Waals surface area contributed by atoms with Gasteiger partial charge in [0.05, 0.1) is 23.6 Å². The number of piperidine rings is 1. The van der Waals surface area contributed by atoms with Gasteiger partial charge >= 0.3 is 5.97 Å². The summed E-state index contributed by atoms with van der Waals surface area (Å²) < 4.78 is 13.0. The largest absolute Gasteiger partial charge is 0.478 e. The van der Waals surface area contributed by atoms with Crippen LogP contribution in [-0.4, -0.2) is 65.2 Å². The van der Waals surface area contributed by atoms with Gasteiger partial charge in [-0.3, -0.25) is 0 Å². The molecule has 1 aliphatic heterocycles. The van der Waals surface area contributed by atoms with E-state index in [4.69, 9.17) is 19.7 Å². The number of fused-ring (bicyclic) bond motifs is 1. The molecule has 36 heavy (non-hydrogen) atoms. The Bertz CT molecular complexity index is 1290. The summed E-state index contributed by atoms with van der Waals surface area (Å²) >= 11 is 1.54. The Hall–Kier alpha value is -3.27. The van der Waals surface area contributed by atoms with E-state index in [1.54, 1.807) is 37.6 Å². The molecule has 2 aromatic heterocycles. The summed E-state index contributed by atoms with van der Waals surface area (Å²) in [4.78, 5) is 18.9. The third-order valence-electron chi connectivity index (χ3n) is 6.53.